The second-order valence-corrected chi connectivity index (χ2v) is 5.74. The molecule has 1 amide bonds. The fraction of sp³-hybridized carbons (Fsp3) is 0.158. The number of hydrogen-bond acceptors (Lipinski definition) is 3. The van der Waals surface area contributed by atoms with E-state index in [1.807, 2.05) is 62.4 Å². The molecule has 0 bridgehead atoms. The van der Waals surface area contributed by atoms with Crippen LogP contribution in [-0.2, 0) is 7.05 Å². The second kappa shape index (κ2) is 6.20. The lowest BCUT2D eigenvalue weighted by Gasteiger charge is -2.09. The van der Waals surface area contributed by atoms with E-state index in [-0.39, 0.29) is 5.56 Å². The van der Waals surface area contributed by atoms with E-state index < -0.39 is 11.5 Å². The number of anilines is 1. The third-order valence-corrected chi connectivity index (χ3v) is 3.89. The van der Waals surface area contributed by atoms with Crippen LogP contribution in [0.15, 0.2) is 57.8 Å². The Balaban J connectivity index is 2.05. The second-order valence-electron chi connectivity index (χ2n) is 5.74. The van der Waals surface area contributed by atoms with Crippen LogP contribution < -0.4 is 10.9 Å². The van der Waals surface area contributed by atoms with Gasteiger partial charge in [0.25, 0.3) is 5.91 Å². The van der Waals surface area contributed by atoms with Crippen LogP contribution in [0.25, 0.3) is 11.3 Å². The first-order valence-corrected chi connectivity index (χ1v) is 7.61. The summed E-state index contributed by atoms with van der Waals surface area (Å²) in [6, 6.07) is 15.0. The molecule has 5 nitrogen and oxygen atoms in total. The molecule has 0 spiro atoms. The van der Waals surface area contributed by atoms with Crippen LogP contribution in [0.2, 0.25) is 0 Å². The van der Waals surface area contributed by atoms with Crippen LogP contribution in [0.3, 0.4) is 0 Å². The van der Waals surface area contributed by atoms with E-state index in [9.17, 15) is 9.59 Å². The Morgan fingerprint density at radius 3 is 2.50 bits per heavy atom. The summed E-state index contributed by atoms with van der Waals surface area (Å²) in [5, 5.41) is 2.82. The van der Waals surface area contributed by atoms with Crippen molar-refractivity contribution in [1.82, 2.24) is 4.74 Å². The molecule has 2 aromatic carbocycles. The molecule has 0 saturated carbocycles. The number of hydrogen-bond donors (Lipinski definition) is 1. The molecule has 1 heterocycles. The molecule has 1 aromatic heterocycles. The summed E-state index contributed by atoms with van der Waals surface area (Å²) in [4.78, 5) is 24.9. The minimum atomic E-state index is -0.654. The van der Waals surface area contributed by atoms with E-state index in [4.69, 9.17) is 4.52 Å². The Kier molecular flexibility index (Phi) is 4.08. The SMILES string of the molecule is Cc1ccc(C)c(NC(=O)c2c(-c3ccccc3)n(C)oc2=O)c1. The number of aromatic nitrogens is 1. The summed E-state index contributed by atoms with van der Waals surface area (Å²) in [6.07, 6.45) is 0. The molecule has 0 atom stereocenters. The molecule has 0 aliphatic heterocycles. The molecule has 122 valence electrons. The smallest absolute Gasteiger partial charge is 0.335 e. The normalized spacial score (nSPS) is 10.6. The van der Waals surface area contributed by atoms with Crippen LogP contribution >= 0.6 is 0 Å². The van der Waals surface area contributed by atoms with Gasteiger partial charge in [-0.15, -0.1) is 0 Å². The molecule has 3 aromatic rings. The first kappa shape index (κ1) is 15.8. The Morgan fingerprint density at radius 2 is 1.79 bits per heavy atom. The lowest BCUT2D eigenvalue weighted by atomic mass is 10.1. The third-order valence-electron chi connectivity index (χ3n) is 3.89. The van der Waals surface area contributed by atoms with Gasteiger partial charge in [0.2, 0.25) is 0 Å². The molecule has 5 heteroatoms. The molecule has 3 rings (SSSR count). The summed E-state index contributed by atoms with van der Waals surface area (Å²) in [5.41, 5.74) is 3.20. The summed E-state index contributed by atoms with van der Waals surface area (Å²) < 4.78 is 6.44. The predicted octanol–water partition coefficient (Wildman–Crippen LogP) is 3.51. The first-order chi connectivity index (χ1) is 11.5. The van der Waals surface area contributed by atoms with Gasteiger partial charge in [-0.1, -0.05) is 42.5 Å². The van der Waals surface area contributed by atoms with Gasteiger partial charge < -0.3 is 9.84 Å². The number of aryl methyl sites for hydroxylation is 3. The van der Waals surface area contributed by atoms with Crippen molar-refractivity contribution in [2.45, 2.75) is 13.8 Å². The highest BCUT2D eigenvalue weighted by Crippen LogP contribution is 2.23. The van der Waals surface area contributed by atoms with E-state index >= 15 is 0 Å². The fourth-order valence-corrected chi connectivity index (χ4v) is 2.65. The van der Waals surface area contributed by atoms with Crippen molar-refractivity contribution in [2.24, 2.45) is 7.05 Å². The van der Waals surface area contributed by atoms with Crippen LogP contribution in [0.5, 0.6) is 0 Å². The highest BCUT2D eigenvalue weighted by molar-refractivity contribution is 6.08. The van der Waals surface area contributed by atoms with Gasteiger partial charge in [0, 0.05) is 18.3 Å². The van der Waals surface area contributed by atoms with Crippen molar-refractivity contribution >= 4 is 11.6 Å². The maximum absolute atomic E-state index is 12.7. The number of nitrogens with zero attached hydrogens (tertiary/aromatic N) is 1. The zero-order chi connectivity index (χ0) is 17.3. The van der Waals surface area contributed by atoms with Gasteiger partial charge in [-0.3, -0.25) is 4.79 Å². The highest BCUT2D eigenvalue weighted by Gasteiger charge is 2.24. The Bertz CT molecular complexity index is 952. The standard InChI is InChI=1S/C19H18N2O3/c1-12-9-10-13(2)15(11-12)20-18(22)16-17(21(3)24-19(16)23)14-7-5-4-6-8-14/h4-11H,1-3H3,(H,20,22). The van der Waals surface area contributed by atoms with E-state index in [0.29, 0.717) is 11.4 Å². The number of amides is 1. The summed E-state index contributed by atoms with van der Waals surface area (Å²) in [6.45, 7) is 3.85. The summed E-state index contributed by atoms with van der Waals surface area (Å²) >= 11 is 0. The maximum atomic E-state index is 12.7. The van der Waals surface area contributed by atoms with Crippen molar-refractivity contribution in [3.05, 3.63) is 75.6 Å². The lowest BCUT2D eigenvalue weighted by Crippen LogP contribution is -2.19. The summed E-state index contributed by atoms with van der Waals surface area (Å²) in [5.74, 6) is -0.475. The van der Waals surface area contributed by atoms with Crippen LogP contribution in [0.1, 0.15) is 21.5 Å². The van der Waals surface area contributed by atoms with Gasteiger partial charge in [0.1, 0.15) is 5.69 Å². The van der Waals surface area contributed by atoms with Gasteiger partial charge in [-0.25, -0.2) is 9.53 Å². The van der Waals surface area contributed by atoms with Crippen LogP contribution in [-0.4, -0.2) is 10.6 Å². The van der Waals surface area contributed by atoms with Gasteiger partial charge in [-0.05, 0) is 31.0 Å². The molecular formula is C19H18N2O3. The van der Waals surface area contributed by atoms with Crippen molar-refractivity contribution in [3.63, 3.8) is 0 Å². The van der Waals surface area contributed by atoms with E-state index in [2.05, 4.69) is 5.32 Å². The molecule has 1 N–H and O–H groups in total. The van der Waals surface area contributed by atoms with E-state index in [1.54, 1.807) is 7.05 Å². The van der Waals surface area contributed by atoms with E-state index in [0.717, 1.165) is 16.7 Å². The minimum absolute atomic E-state index is 0.00426. The topological polar surface area (TPSA) is 64.2 Å². The van der Waals surface area contributed by atoms with Crippen LogP contribution in [0, 0.1) is 13.8 Å². The van der Waals surface area contributed by atoms with Crippen molar-refractivity contribution in [1.29, 1.82) is 0 Å². The predicted molar refractivity (Wildman–Crippen MR) is 93.3 cm³/mol. The van der Waals surface area contributed by atoms with Crippen molar-refractivity contribution < 1.29 is 9.32 Å². The molecule has 0 radical (unpaired) electrons. The molecule has 0 aliphatic rings. The number of benzene rings is 2. The van der Waals surface area contributed by atoms with Gasteiger partial charge in [0.05, 0.1) is 0 Å². The number of carbonyl (C=O) groups excluding carboxylic acids is 1. The lowest BCUT2D eigenvalue weighted by molar-refractivity contribution is 0.102. The number of carbonyl (C=O) groups is 1. The average Bonchev–Trinajstić information content (AvgIpc) is 2.86. The maximum Gasteiger partial charge on any atom is 0.370 e. The average molecular weight is 322 g/mol. The zero-order valence-electron chi connectivity index (χ0n) is 13.8. The summed E-state index contributed by atoms with van der Waals surface area (Å²) in [7, 11) is 1.61. The van der Waals surface area contributed by atoms with Gasteiger partial charge in [-0.2, -0.15) is 0 Å². The molecule has 0 saturated heterocycles. The number of nitrogens with one attached hydrogen (secondary N) is 1. The van der Waals surface area contributed by atoms with Crippen molar-refractivity contribution in [2.75, 3.05) is 5.32 Å². The van der Waals surface area contributed by atoms with Gasteiger partial charge >= 0.3 is 5.63 Å². The Morgan fingerprint density at radius 1 is 1.08 bits per heavy atom. The Hall–Kier alpha value is -3.08. The monoisotopic (exact) mass is 322 g/mol. The third kappa shape index (κ3) is 2.88. The largest absolute Gasteiger partial charge is 0.370 e. The molecule has 0 unspecified atom stereocenters. The van der Waals surface area contributed by atoms with Gasteiger partial charge in [0.15, 0.2) is 5.56 Å². The fourth-order valence-electron chi connectivity index (χ4n) is 2.65. The molecule has 24 heavy (non-hydrogen) atoms. The zero-order valence-corrected chi connectivity index (χ0v) is 13.8. The molecule has 0 aliphatic carbocycles. The quantitative estimate of drug-likeness (QED) is 0.802. The minimum Gasteiger partial charge on any atom is -0.335 e. The highest BCUT2D eigenvalue weighted by atomic mass is 16.5. The number of rotatable bonds is 3. The Labute approximate surface area is 139 Å². The molecular weight excluding hydrogens is 304 g/mol. The van der Waals surface area contributed by atoms with Crippen molar-refractivity contribution in [3.8, 4) is 11.3 Å². The molecule has 0 fully saturated rings. The van der Waals surface area contributed by atoms with E-state index in [1.165, 1.54) is 4.74 Å². The van der Waals surface area contributed by atoms with Crippen LogP contribution in [0.4, 0.5) is 5.69 Å². The first-order valence-electron chi connectivity index (χ1n) is 7.61.